The summed E-state index contributed by atoms with van der Waals surface area (Å²) in [6, 6.07) is 23.3. The van der Waals surface area contributed by atoms with E-state index in [4.69, 9.17) is 14.5 Å². The fraction of sp³-hybridized carbons (Fsp3) is 0.241. The number of anilines is 1. The predicted molar refractivity (Wildman–Crippen MR) is 158 cm³/mol. The maximum absolute atomic E-state index is 12.3. The molecule has 0 aliphatic carbocycles. The van der Waals surface area contributed by atoms with Crippen LogP contribution in [0.5, 0.6) is 11.5 Å². The number of hydrogen-bond acceptors (Lipinski definition) is 5. The first kappa shape index (κ1) is 27.6. The third kappa shape index (κ3) is 6.90. The van der Waals surface area contributed by atoms with Crippen molar-refractivity contribution in [1.82, 2.24) is 14.9 Å². The van der Waals surface area contributed by atoms with Gasteiger partial charge in [0, 0.05) is 40.1 Å². The van der Waals surface area contributed by atoms with Gasteiger partial charge in [-0.15, -0.1) is 0 Å². The molecule has 4 rings (SSSR count). The molecule has 1 aromatic heterocycles. The molecule has 0 spiro atoms. The zero-order valence-corrected chi connectivity index (χ0v) is 24.1. The Morgan fingerprint density at radius 2 is 1.53 bits per heavy atom. The Kier molecular flexibility index (Phi) is 9.73. The van der Waals surface area contributed by atoms with Crippen molar-refractivity contribution in [3.63, 3.8) is 0 Å². The number of ether oxygens (including phenoxy) is 2. The highest BCUT2D eigenvalue weighted by atomic mass is 79.9. The summed E-state index contributed by atoms with van der Waals surface area (Å²) < 4.78 is 14.0. The van der Waals surface area contributed by atoms with Gasteiger partial charge in [-0.1, -0.05) is 34.6 Å². The van der Waals surface area contributed by atoms with E-state index < -0.39 is 0 Å². The fourth-order valence-corrected chi connectivity index (χ4v) is 5.13. The van der Waals surface area contributed by atoms with E-state index >= 15 is 0 Å². The number of amides is 2. The van der Waals surface area contributed by atoms with Crippen molar-refractivity contribution in [3.8, 4) is 34.0 Å². The van der Waals surface area contributed by atoms with Crippen molar-refractivity contribution in [1.29, 1.82) is 0 Å². The summed E-state index contributed by atoms with van der Waals surface area (Å²) in [4.78, 5) is 17.4. The van der Waals surface area contributed by atoms with Gasteiger partial charge in [-0.3, -0.25) is 0 Å². The molecule has 198 valence electrons. The van der Waals surface area contributed by atoms with Crippen LogP contribution < -0.4 is 20.1 Å². The summed E-state index contributed by atoms with van der Waals surface area (Å²) in [7, 11) is 3.33. The number of benzene rings is 3. The number of carbonyl (C=O) groups is 1. The molecule has 4 aromatic rings. The van der Waals surface area contributed by atoms with E-state index in [0.717, 1.165) is 62.3 Å². The SMILES string of the molecule is CCCn1c(SCCNC(=O)Nc2ccc(Br)cc2)nc(-c2ccc(OC)cc2)c1-c1ccc(OC)cc1. The Morgan fingerprint density at radius 3 is 2.11 bits per heavy atom. The second-order valence-corrected chi connectivity index (χ2v) is 10.4. The standard InChI is InChI=1S/C29H31BrN4O3S/c1-4-18-34-27(21-7-15-25(37-3)16-8-21)26(20-5-13-24(36-2)14-6-20)33-29(34)38-19-17-31-28(35)32-23-11-9-22(30)10-12-23/h5-16H,4,17-19H2,1-3H3,(H2,31,32,35). The Balaban J connectivity index is 1.55. The molecule has 0 radical (unpaired) electrons. The molecule has 0 bridgehead atoms. The average Bonchev–Trinajstić information content (AvgIpc) is 3.30. The van der Waals surface area contributed by atoms with Crippen LogP contribution in [0.4, 0.5) is 10.5 Å². The molecule has 0 saturated carbocycles. The van der Waals surface area contributed by atoms with E-state index in [9.17, 15) is 4.79 Å². The van der Waals surface area contributed by atoms with Gasteiger partial charge in [-0.25, -0.2) is 9.78 Å². The summed E-state index contributed by atoms with van der Waals surface area (Å²) >= 11 is 5.03. The van der Waals surface area contributed by atoms with Crippen LogP contribution in [0.25, 0.3) is 22.5 Å². The van der Waals surface area contributed by atoms with Crippen LogP contribution in [-0.4, -0.2) is 42.1 Å². The highest BCUT2D eigenvalue weighted by Crippen LogP contribution is 2.37. The molecular weight excluding hydrogens is 564 g/mol. The Bertz CT molecular complexity index is 1340. The van der Waals surface area contributed by atoms with Crippen LogP contribution in [-0.2, 0) is 6.54 Å². The number of methoxy groups -OCH3 is 2. The number of imidazole rings is 1. The molecule has 7 nitrogen and oxygen atoms in total. The van der Waals surface area contributed by atoms with Crippen molar-refractivity contribution < 1.29 is 14.3 Å². The smallest absolute Gasteiger partial charge is 0.319 e. The largest absolute Gasteiger partial charge is 0.497 e. The lowest BCUT2D eigenvalue weighted by Crippen LogP contribution is -2.30. The number of aromatic nitrogens is 2. The first-order valence-electron chi connectivity index (χ1n) is 12.3. The van der Waals surface area contributed by atoms with Crippen LogP contribution in [0.2, 0.25) is 0 Å². The number of nitrogens with one attached hydrogen (secondary N) is 2. The molecule has 1 heterocycles. The number of nitrogens with zero attached hydrogens (tertiary/aromatic N) is 2. The molecule has 2 amide bonds. The van der Waals surface area contributed by atoms with Crippen molar-refractivity contribution in [2.45, 2.75) is 25.0 Å². The van der Waals surface area contributed by atoms with Gasteiger partial charge in [0.25, 0.3) is 0 Å². The highest BCUT2D eigenvalue weighted by molar-refractivity contribution is 9.10. The van der Waals surface area contributed by atoms with E-state index in [2.05, 4.69) is 50.2 Å². The molecule has 0 saturated heterocycles. The van der Waals surface area contributed by atoms with Gasteiger partial charge >= 0.3 is 6.03 Å². The van der Waals surface area contributed by atoms with Crippen LogP contribution in [0.3, 0.4) is 0 Å². The molecule has 0 aliphatic rings. The van der Waals surface area contributed by atoms with Gasteiger partial charge in [0.2, 0.25) is 0 Å². The highest BCUT2D eigenvalue weighted by Gasteiger charge is 2.20. The second kappa shape index (κ2) is 13.4. The van der Waals surface area contributed by atoms with E-state index in [-0.39, 0.29) is 6.03 Å². The van der Waals surface area contributed by atoms with Gasteiger partial charge < -0.3 is 24.7 Å². The summed E-state index contributed by atoms with van der Waals surface area (Å²) in [5.74, 6) is 2.29. The first-order chi connectivity index (χ1) is 18.5. The minimum Gasteiger partial charge on any atom is -0.497 e. The normalized spacial score (nSPS) is 10.7. The molecule has 0 atom stereocenters. The summed E-state index contributed by atoms with van der Waals surface area (Å²) in [5.41, 5.74) is 4.79. The molecule has 2 N–H and O–H groups in total. The zero-order chi connectivity index (χ0) is 26.9. The predicted octanol–water partition coefficient (Wildman–Crippen LogP) is 7.32. The van der Waals surface area contributed by atoms with Gasteiger partial charge in [0.05, 0.1) is 25.6 Å². The van der Waals surface area contributed by atoms with Crippen LogP contribution >= 0.6 is 27.7 Å². The fourth-order valence-electron chi connectivity index (χ4n) is 3.98. The Labute approximate surface area is 236 Å². The summed E-state index contributed by atoms with van der Waals surface area (Å²) in [6.45, 7) is 3.49. The average molecular weight is 596 g/mol. The lowest BCUT2D eigenvalue weighted by molar-refractivity contribution is 0.252. The molecule has 38 heavy (non-hydrogen) atoms. The Hall–Kier alpha value is -3.43. The molecule has 0 unspecified atom stereocenters. The number of hydrogen-bond donors (Lipinski definition) is 2. The van der Waals surface area contributed by atoms with E-state index in [0.29, 0.717) is 12.3 Å². The van der Waals surface area contributed by atoms with Crippen molar-refractivity contribution in [2.24, 2.45) is 0 Å². The molecule has 0 aliphatic heterocycles. The van der Waals surface area contributed by atoms with Gasteiger partial charge in [-0.2, -0.15) is 0 Å². The number of halogens is 1. The zero-order valence-electron chi connectivity index (χ0n) is 21.7. The number of thioether (sulfide) groups is 1. The lowest BCUT2D eigenvalue weighted by atomic mass is 10.0. The maximum Gasteiger partial charge on any atom is 0.319 e. The van der Waals surface area contributed by atoms with Gasteiger partial charge in [-0.05, 0) is 79.2 Å². The molecular formula is C29H31BrN4O3S. The van der Waals surface area contributed by atoms with Crippen molar-refractivity contribution >= 4 is 39.4 Å². The first-order valence-corrected chi connectivity index (χ1v) is 14.1. The quantitative estimate of drug-likeness (QED) is 0.140. The molecule has 9 heteroatoms. The number of carbonyl (C=O) groups excluding carboxylic acids is 1. The maximum atomic E-state index is 12.3. The van der Waals surface area contributed by atoms with Crippen molar-refractivity contribution in [2.75, 3.05) is 31.8 Å². The summed E-state index contributed by atoms with van der Waals surface area (Å²) in [6.07, 6.45) is 0.961. The van der Waals surface area contributed by atoms with Crippen LogP contribution in [0.1, 0.15) is 13.3 Å². The number of urea groups is 1. The number of rotatable bonds is 11. The third-order valence-corrected chi connectivity index (χ3v) is 7.33. The van der Waals surface area contributed by atoms with Crippen molar-refractivity contribution in [3.05, 3.63) is 77.3 Å². The van der Waals surface area contributed by atoms with E-state index in [1.807, 2.05) is 60.7 Å². The van der Waals surface area contributed by atoms with E-state index in [1.165, 1.54) is 0 Å². The third-order valence-electron chi connectivity index (χ3n) is 5.83. The van der Waals surface area contributed by atoms with Crippen LogP contribution in [0.15, 0.2) is 82.4 Å². The van der Waals surface area contributed by atoms with E-state index in [1.54, 1.807) is 26.0 Å². The minimum atomic E-state index is -0.234. The Morgan fingerprint density at radius 1 is 0.921 bits per heavy atom. The van der Waals surface area contributed by atoms with Crippen LogP contribution in [0, 0.1) is 0 Å². The molecule has 0 fully saturated rings. The summed E-state index contributed by atoms with van der Waals surface area (Å²) in [5, 5.41) is 6.70. The second-order valence-electron chi connectivity index (χ2n) is 8.44. The van der Waals surface area contributed by atoms with Gasteiger partial charge in [0.1, 0.15) is 11.5 Å². The topological polar surface area (TPSA) is 77.4 Å². The van der Waals surface area contributed by atoms with Gasteiger partial charge in [0.15, 0.2) is 5.16 Å². The molecule has 3 aromatic carbocycles. The minimum absolute atomic E-state index is 0.234. The monoisotopic (exact) mass is 594 g/mol. The lowest BCUT2D eigenvalue weighted by Gasteiger charge is -2.13.